The Balaban J connectivity index is 1.95. The van der Waals surface area contributed by atoms with Crippen molar-refractivity contribution in [3.8, 4) is 6.07 Å². The van der Waals surface area contributed by atoms with Gasteiger partial charge in [-0.05, 0) is 31.3 Å². The predicted molar refractivity (Wildman–Crippen MR) is 82.1 cm³/mol. The molecule has 2 rings (SSSR count). The van der Waals surface area contributed by atoms with Crippen LogP contribution in [0, 0.1) is 16.1 Å². The molecule has 0 aliphatic heterocycles. The summed E-state index contributed by atoms with van der Waals surface area (Å²) in [5.41, 5.74) is -0.00990. The van der Waals surface area contributed by atoms with Crippen molar-refractivity contribution in [1.82, 2.24) is 20.1 Å². The van der Waals surface area contributed by atoms with Crippen LogP contribution in [0.2, 0.25) is 0 Å². The molecule has 0 aliphatic rings. The van der Waals surface area contributed by atoms with Gasteiger partial charge in [0.15, 0.2) is 4.77 Å². The van der Waals surface area contributed by atoms with Crippen molar-refractivity contribution in [2.24, 2.45) is 0 Å². The first-order chi connectivity index (χ1) is 10.7. The smallest absolute Gasteiger partial charge is 0.262 e. The number of rotatable bonds is 6. The molecule has 0 radical (unpaired) electrons. The first kappa shape index (κ1) is 15.7. The van der Waals surface area contributed by atoms with Crippen molar-refractivity contribution in [2.75, 3.05) is 6.54 Å². The molecule has 2 N–H and O–H groups in total. The normalized spacial score (nSPS) is 11.2. The van der Waals surface area contributed by atoms with Gasteiger partial charge in [-0.2, -0.15) is 10.4 Å². The lowest BCUT2D eigenvalue weighted by molar-refractivity contribution is -0.117. The topological polar surface area (TPSA) is 99.6 Å². The van der Waals surface area contributed by atoms with Crippen LogP contribution in [0.1, 0.15) is 18.5 Å². The molecule has 0 unspecified atom stereocenters. The molecule has 7 nitrogen and oxygen atoms in total. The van der Waals surface area contributed by atoms with Crippen LogP contribution < -0.4 is 5.32 Å². The molecule has 0 saturated carbocycles. The van der Waals surface area contributed by atoms with Gasteiger partial charge in [0.1, 0.15) is 23.2 Å². The zero-order chi connectivity index (χ0) is 15.9. The van der Waals surface area contributed by atoms with Crippen LogP contribution in [0.3, 0.4) is 0 Å². The second-order valence-electron chi connectivity index (χ2n) is 4.38. The summed E-state index contributed by atoms with van der Waals surface area (Å²) < 4.78 is 7.49. The van der Waals surface area contributed by atoms with E-state index in [9.17, 15) is 4.79 Å². The number of carbonyl (C=O) groups is 1. The molecule has 2 aromatic rings. The highest BCUT2D eigenvalue weighted by atomic mass is 32.1. The summed E-state index contributed by atoms with van der Waals surface area (Å²) >= 11 is 5.09. The minimum atomic E-state index is -0.448. The Kier molecular flexibility index (Phi) is 5.27. The highest BCUT2D eigenvalue weighted by Gasteiger charge is 2.10. The van der Waals surface area contributed by atoms with Crippen LogP contribution >= 0.6 is 12.2 Å². The first-order valence-corrected chi connectivity index (χ1v) is 7.14. The zero-order valence-electron chi connectivity index (χ0n) is 12.0. The van der Waals surface area contributed by atoms with Crippen LogP contribution in [0.4, 0.5) is 0 Å². The number of aromatic nitrogens is 3. The lowest BCUT2D eigenvalue weighted by Gasteiger charge is -2.05. The largest absolute Gasteiger partial charge is 0.465 e. The highest BCUT2D eigenvalue weighted by molar-refractivity contribution is 7.71. The van der Waals surface area contributed by atoms with E-state index >= 15 is 0 Å². The van der Waals surface area contributed by atoms with Crippen molar-refractivity contribution in [1.29, 1.82) is 5.26 Å². The number of nitrogens with one attached hydrogen (secondary N) is 2. The van der Waals surface area contributed by atoms with Crippen molar-refractivity contribution in [3.05, 3.63) is 40.3 Å². The molecule has 0 aromatic carbocycles. The van der Waals surface area contributed by atoms with Crippen LogP contribution in [-0.2, 0) is 17.8 Å². The van der Waals surface area contributed by atoms with Gasteiger partial charge < -0.3 is 14.3 Å². The third-order valence-electron chi connectivity index (χ3n) is 2.98. The fraction of sp³-hybridized carbons (Fsp3) is 0.286. The van der Waals surface area contributed by atoms with E-state index in [1.807, 2.05) is 17.6 Å². The third-order valence-corrected chi connectivity index (χ3v) is 3.29. The second-order valence-corrected chi connectivity index (χ2v) is 4.77. The minimum Gasteiger partial charge on any atom is -0.465 e. The van der Waals surface area contributed by atoms with Crippen molar-refractivity contribution >= 4 is 24.2 Å². The number of amides is 1. The Morgan fingerprint density at radius 3 is 3.14 bits per heavy atom. The van der Waals surface area contributed by atoms with Crippen molar-refractivity contribution in [3.63, 3.8) is 0 Å². The van der Waals surface area contributed by atoms with E-state index in [0.717, 1.165) is 5.82 Å². The molecular weight excluding hydrogens is 302 g/mol. The Labute approximate surface area is 132 Å². The molecule has 0 atom stereocenters. The standard InChI is InChI=1S/C14H15N5O2S/c1-2-19-12(17-18-14(19)22)5-6-16-13(20)10(9-15)8-11-4-3-7-21-11/h3-4,7-8H,2,5-6H2,1H3,(H,16,20)(H,18,22). The number of nitrogens with zero attached hydrogens (tertiary/aromatic N) is 3. The van der Waals surface area contributed by atoms with E-state index in [1.54, 1.807) is 12.1 Å². The predicted octanol–water partition coefficient (Wildman–Crippen LogP) is 1.82. The molecule has 0 aliphatic carbocycles. The fourth-order valence-corrected chi connectivity index (χ4v) is 2.19. The molecule has 1 amide bonds. The number of aromatic amines is 1. The van der Waals surface area contributed by atoms with Crippen LogP contribution in [0.15, 0.2) is 28.4 Å². The van der Waals surface area contributed by atoms with Crippen LogP contribution in [0.5, 0.6) is 0 Å². The van der Waals surface area contributed by atoms with Gasteiger partial charge in [0.25, 0.3) is 5.91 Å². The molecular formula is C14H15N5O2S. The summed E-state index contributed by atoms with van der Waals surface area (Å²) in [6, 6.07) is 5.22. The van der Waals surface area contributed by atoms with Crippen LogP contribution in [0.25, 0.3) is 6.08 Å². The lowest BCUT2D eigenvalue weighted by Crippen LogP contribution is -2.27. The molecule has 22 heavy (non-hydrogen) atoms. The summed E-state index contributed by atoms with van der Waals surface area (Å²) in [6.07, 6.45) is 3.40. The van der Waals surface area contributed by atoms with Gasteiger partial charge in [0.05, 0.1) is 6.26 Å². The van der Waals surface area contributed by atoms with Crippen LogP contribution in [-0.4, -0.2) is 27.2 Å². The minimum absolute atomic E-state index is 0.00990. The second kappa shape index (κ2) is 7.38. The molecule has 0 bridgehead atoms. The Morgan fingerprint density at radius 1 is 1.68 bits per heavy atom. The number of hydrogen-bond acceptors (Lipinski definition) is 5. The summed E-state index contributed by atoms with van der Waals surface area (Å²) in [5, 5.41) is 18.5. The number of hydrogen-bond donors (Lipinski definition) is 2. The molecule has 0 fully saturated rings. The monoisotopic (exact) mass is 317 g/mol. The van der Waals surface area contributed by atoms with Gasteiger partial charge in [0, 0.05) is 25.6 Å². The van der Waals surface area contributed by atoms with Gasteiger partial charge in [0.2, 0.25) is 0 Å². The Morgan fingerprint density at radius 2 is 2.50 bits per heavy atom. The maximum atomic E-state index is 12.0. The van der Waals surface area contributed by atoms with Gasteiger partial charge in [-0.3, -0.25) is 9.89 Å². The summed E-state index contributed by atoms with van der Waals surface area (Å²) in [7, 11) is 0. The summed E-state index contributed by atoms with van der Waals surface area (Å²) in [4.78, 5) is 12.0. The number of H-pyrrole nitrogens is 1. The van der Waals surface area contributed by atoms with Crippen molar-refractivity contribution in [2.45, 2.75) is 19.9 Å². The Bertz CT molecular complexity index is 764. The highest BCUT2D eigenvalue weighted by Crippen LogP contribution is 2.07. The Hall–Kier alpha value is -2.66. The fourth-order valence-electron chi connectivity index (χ4n) is 1.91. The number of carbonyl (C=O) groups excluding carboxylic acids is 1. The molecule has 2 heterocycles. The number of furan rings is 1. The van der Waals surface area contributed by atoms with E-state index < -0.39 is 5.91 Å². The molecule has 2 aromatic heterocycles. The first-order valence-electron chi connectivity index (χ1n) is 6.73. The number of nitriles is 1. The van der Waals surface area contributed by atoms with Gasteiger partial charge in [-0.15, -0.1) is 0 Å². The third kappa shape index (κ3) is 3.71. The molecule has 0 spiro atoms. The van der Waals surface area contributed by atoms with E-state index in [4.69, 9.17) is 21.9 Å². The average Bonchev–Trinajstić information content (AvgIpc) is 3.14. The van der Waals surface area contributed by atoms with Gasteiger partial charge in [-0.25, -0.2) is 0 Å². The average molecular weight is 317 g/mol. The van der Waals surface area contributed by atoms with E-state index in [1.165, 1.54) is 12.3 Å². The summed E-state index contributed by atoms with van der Waals surface area (Å²) in [5.74, 6) is 0.774. The SMILES string of the molecule is CCn1c(CCNC(=O)C(C#N)=Cc2ccco2)n[nH]c1=S. The van der Waals surface area contributed by atoms with E-state index in [-0.39, 0.29) is 5.57 Å². The molecule has 0 saturated heterocycles. The van der Waals surface area contributed by atoms with Crippen molar-refractivity contribution < 1.29 is 9.21 Å². The van der Waals surface area contributed by atoms with Gasteiger partial charge >= 0.3 is 0 Å². The quantitative estimate of drug-likeness (QED) is 0.481. The summed E-state index contributed by atoms with van der Waals surface area (Å²) in [6.45, 7) is 3.03. The van der Waals surface area contributed by atoms with E-state index in [0.29, 0.717) is 30.0 Å². The maximum absolute atomic E-state index is 12.0. The zero-order valence-corrected chi connectivity index (χ0v) is 12.8. The van der Waals surface area contributed by atoms with E-state index in [2.05, 4.69) is 15.5 Å². The lowest BCUT2D eigenvalue weighted by atomic mass is 10.2. The maximum Gasteiger partial charge on any atom is 0.262 e. The molecule has 114 valence electrons. The molecule has 8 heteroatoms. The van der Waals surface area contributed by atoms with Gasteiger partial charge in [-0.1, -0.05) is 0 Å².